The highest BCUT2D eigenvalue weighted by molar-refractivity contribution is 6.08. The molecular formula is C20H15F5N4O3. The predicted molar refractivity (Wildman–Crippen MR) is 99.1 cm³/mol. The average molecular weight is 454 g/mol. The Bertz CT molecular complexity index is 1120. The van der Waals surface area contributed by atoms with Gasteiger partial charge in [0.1, 0.15) is 11.2 Å². The SMILES string of the molecule is O=C1NC(=O)[C@](CNC(=O)c2ccc(F)c(F)c2-c2ccc(C(F)(F)F)nc2)(C2CC2)N1. The Hall–Kier alpha value is -3.57. The van der Waals surface area contributed by atoms with Crippen LogP contribution < -0.4 is 16.0 Å². The van der Waals surface area contributed by atoms with Crippen LogP contribution in [0.25, 0.3) is 11.1 Å². The minimum Gasteiger partial charge on any atom is -0.349 e. The second-order valence-electron chi connectivity index (χ2n) is 7.55. The van der Waals surface area contributed by atoms with Gasteiger partial charge in [-0.1, -0.05) is 6.07 Å². The molecule has 4 amide bonds. The van der Waals surface area contributed by atoms with Gasteiger partial charge < -0.3 is 10.6 Å². The minimum absolute atomic E-state index is 0.196. The van der Waals surface area contributed by atoms with Crippen LogP contribution >= 0.6 is 0 Å². The molecule has 12 heteroatoms. The fourth-order valence-electron chi connectivity index (χ4n) is 3.68. The number of urea groups is 1. The van der Waals surface area contributed by atoms with Crippen molar-refractivity contribution in [3.63, 3.8) is 0 Å². The van der Waals surface area contributed by atoms with E-state index in [1.165, 1.54) is 0 Å². The number of alkyl halides is 3. The van der Waals surface area contributed by atoms with Gasteiger partial charge in [-0.2, -0.15) is 13.2 Å². The number of nitrogens with one attached hydrogen (secondary N) is 3. The summed E-state index contributed by atoms with van der Waals surface area (Å²) in [6.45, 7) is -0.308. The molecule has 2 fully saturated rings. The zero-order valence-corrected chi connectivity index (χ0v) is 16.1. The number of benzene rings is 1. The first kappa shape index (κ1) is 21.7. The molecule has 0 bridgehead atoms. The van der Waals surface area contributed by atoms with Crippen molar-refractivity contribution in [2.75, 3.05) is 6.54 Å². The van der Waals surface area contributed by atoms with Crippen molar-refractivity contribution in [1.82, 2.24) is 20.9 Å². The molecule has 1 atom stereocenters. The number of pyridine rings is 1. The summed E-state index contributed by atoms with van der Waals surface area (Å²) in [7, 11) is 0. The van der Waals surface area contributed by atoms with Crippen molar-refractivity contribution >= 4 is 17.8 Å². The van der Waals surface area contributed by atoms with E-state index in [0.29, 0.717) is 31.2 Å². The van der Waals surface area contributed by atoms with Gasteiger partial charge in [-0.3, -0.25) is 19.9 Å². The van der Waals surface area contributed by atoms with Crippen LogP contribution in [0.1, 0.15) is 28.9 Å². The maximum absolute atomic E-state index is 14.6. The third-order valence-electron chi connectivity index (χ3n) is 5.45. The molecule has 2 aliphatic rings. The van der Waals surface area contributed by atoms with Gasteiger partial charge in [0.05, 0.1) is 12.1 Å². The number of hydrogen-bond donors (Lipinski definition) is 3. The van der Waals surface area contributed by atoms with E-state index in [0.717, 1.165) is 12.1 Å². The minimum atomic E-state index is -4.73. The zero-order valence-electron chi connectivity index (χ0n) is 16.1. The molecule has 7 nitrogen and oxygen atoms in total. The van der Waals surface area contributed by atoms with Crippen LogP contribution in [0.5, 0.6) is 0 Å². The molecule has 1 saturated heterocycles. The molecule has 0 unspecified atom stereocenters. The summed E-state index contributed by atoms with van der Waals surface area (Å²) in [5.41, 5.74) is -3.80. The predicted octanol–water partition coefficient (Wildman–Crippen LogP) is 2.76. The third-order valence-corrected chi connectivity index (χ3v) is 5.45. The Morgan fingerprint density at radius 3 is 2.41 bits per heavy atom. The highest BCUT2D eigenvalue weighted by Crippen LogP contribution is 2.41. The van der Waals surface area contributed by atoms with Crippen LogP contribution in [-0.2, 0) is 11.0 Å². The van der Waals surface area contributed by atoms with Crippen LogP contribution in [0.4, 0.5) is 26.7 Å². The summed E-state index contributed by atoms with van der Waals surface area (Å²) in [6, 6.07) is 2.42. The van der Waals surface area contributed by atoms with Crippen LogP contribution in [0.3, 0.4) is 0 Å². The Labute approximate surface area is 177 Å². The number of halogens is 5. The quantitative estimate of drug-likeness (QED) is 0.478. The van der Waals surface area contributed by atoms with Crippen molar-refractivity contribution in [1.29, 1.82) is 0 Å². The van der Waals surface area contributed by atoms with Crippen LogP contribution in [0, 0.1) is 17.6 Å². The molecule has 1 aromatic heterocycles. The number of hydrogen-bond acceptors (Lipinski definition) is 4. The molecule has 1 saturated carbocycles. The van der Waals surface area contributed by atoms with Gasteiger partial charge in [0.25, 0.3) is 11.8 Å². The molecule has 2 heterocycles. The van der Waals surface area contributed by atoms with Crippen molar-refractivity contribution in [3.8, 4) is 11.1 Å². The molecule has 32 heavy (non-hydrogen) atoms. The van der Waals surface area contributed by atoms with Gasteiger partial charge in [0.15, 0.2) is 11.6 Å². The van der Waals surface area contributed by atoms with Crippen LogP contribution in [-0.4, -0.2) is 34.9 Å². The smallest absolute Gasteiger partial charge is 0.349 e. The summed E-state index contributed by atoms with van der Waals surface area (Å²) in [6.07, 6.45) is -2.75. The van der Waals surface area contributed by atoms with E-state index in [-0.39, 0.29) is 23.6 Å². The van der Waals surface area contributed by atoms with E-state index in [4.69, 9.17) is 0 Å². The van der Waals surface area contributed by atoms with E-state index >= 15 is 0 Å². The number of carbonyl (C=O) groups is 3. The molecule has 2 aromatic rings. The Morgan fingerprint density at radius 2 is 1.88 bits per heavy atom. The zero-order chi connectivity index (χ0) is 23.3. The van der Waals surface area contributed by atoms with E-state index in [2.05, 4.69) is 20.9 Å². The largest absolute Gasteiger partial charge is 0.433 e. The van der Waals surface area contributed by atoms with Crippen molar-refractivity contribution in [2.45, 2.75) is 24.6 Å². The third kappa shape index (κ3) is 3.76. The lowest BCUT2D eigenvalue weighted by atomic mass is 9.92. The normalized spacial score (nSPS) is 20.7. The highest BCUT2D eigenvalue weighted by atomic mass is 19.4. The van der Waals surface area contributed by atoms with Gasteiger partial charge in [-0.05, 0) is 37.0 Å². The number of amides is 4. The monoisotopic (exact) mass is 454 g/mol. The van der Waals surface area contributed by atoms with E-state index in [1.807, 2.05) is 0 Å². The number of rotatable bonds is 5. The van der Waals surface area contributed by atoms with Crippen LogP contribution in [0.2, 0.25) is 0 Å². The topological polar surface area (TPSA) is 100 Å². The Kier molecular flexibility index (Phi) is 5.10. The number of imide groups is 1. The summed E-state index contributed by atoms with van der Waals surface area (Å²) >= 11 is 0. The second kappa shape index (κ2) is 7.53. The Balaban J connectivity index is 1.64. The lowest BCUT2D eigenvalue weighted by Crippen LogP contribution is -2.57. The van der Waals surface area contributed by atoms with Gasteiger partial charge in [0.2, 0.25) is 0 Å². The maximum Gasteiger partial charge on any atom is 0.433 e. The molecule has 4 rings (SSSR count). The lowest BCUT2D eigenvalue weighted by molar-refractivity contribution is -0.141. The summed E-state index contributed by atoms with van der Waals surface area (Å²) in [5, 5.41) is 7.06. The standard InChI is InChI=1S/C20H15F5N4O3/c21-12-5-4-11(14(15(12)22)9-1-6-13(26-7-9)20(23,24)25)16(30)27-8-19(10-2-3-10)17(31)28-18(32)29-19/h1,4-7,10H,2-3,8H2,(H,27,30)(H2,28,29,31,32)/t19-/m0/s1. The molecule has 0 radical (unpaired) electrons. The summed E-state index contributed by atoms with van der Waals surface area (Å²) in [5.74, 6) is -4.47. The summed E-state index contributed by atoms with van der Waals surface area (Å²) in [4.78, 5) is 39.9. The molecule has 168 valence electrons. The first-order chi connectivity index (χ1) is 15.0. The van der Waals surface area contributed by atoms with Crippen molar-refractivity contribution < 1.29 is 36.3 Å². The fraction of sp³-hybridized carbons (Fsp3) is 0.300. The fourth-order valence-corrected chi connectivity index (χ4v) is 3.68. The first-order valence-electron chi connectivity index (χ1n) is 9.46. The Morgan fingerprint density at radius 1 is 1.16 bits per heavy atom. The highest BCUT2D eigenvalue weighted by Gasteiger charge is 2.56. The van der Waals surface area contributed by atoms with Gasteiger partial charge >= 0.3 is 12.2 Å². The van der Waals surface area contributed by atoms with E-state index in [1.54, 1.807) is 0 Å². The first-order valence-corrected chi connectivity index (χ1v) is 9.46. The van der Waals surface area contributed by atoms with Gasteiger partial charge in [-0.25, -0.2) is 13.6 Å². The second-order valence-corrected chi connectivity index (χ2v) is 7.55. The number of nitrogens with zero attached hydrogens (tertiary/aromatic N) is 1. The number of carbonyl (C=O) groups excluding carboxylic acids is 3. The van der Waals surface area contributed by atoms with Gasteiger partial charge in [-0.15, -0.1) is 0 Å². The molecule has 1 aromatic carbocycles. The molecular weight excluding hydrogens is 439 g/mol. The number of aromatic nitrogens is 1. The molecule has 1 aliphatic carbocycles. The van der Waals surface area contributed by atoms with Crippen LogP contribution in [0.15, 0.2) is 30.5 Å². The van der Waals surface area contributed by atoms with E-state index < -0.39 is 52.5 Å². The average Bonchev–Trinajstić information content (AvgIpc) is 3.53. The van der Waals surface area contributed by atoms with Crippen molar-refractivity contribution in [2.24, 2.45) is 5.92 Å². The van der Waals surface area contributed by atoms with Gasteiger partial charge in [0, 0.05) is 17.3 Å². The summed E-state index contributed by atoms with van der Waals surface area (Å²) < 4.78 is 66.7. The molecule has 1 aliphatic heterocycles. The molecule has 0 spiro atoms. The molecule has 3 N–H and O–H groups in total. The van der Waals surface area contributed by atoms with E-state index in [9.17, 15) is 36.3 Å². The van der Waals surface area contributed by atoms with Crippen molar-refractivity contribution in [3.05, 3.63) is 53.4 Å². The lowest BCUT2D eigenvalue weighted by Gasteiger charge is -2.26. The maximum atomic E-state index is 14.6.